The van der Waals surface area contributed by atoms with Crippen LogP contribution >= 0.6 is 0 Å². The van der Waals surface area contributed by atoms with Crippen molar-refractivity contribution in [1.82, 2.24) is 15.5 Å². The number of H-pyrrole nitrogens is 1. The van der Waals surface area contributed by atoms with Crippen molar-refractivity contribution in [2.24, 2.45) is 0 Å². The molecule has 122 valence electrons. The highest BCUT2D eigenvalue weighted by atomic mass is 16.5. The Morgan fingerprint density at radius 1 is 1.48 bits per heavy atom. The molecule has 1 aliphatic heterocycles. The van der Waals surface area contributed by atoms with Crippen molar-refractivity contribution in [2.75, 3.05) is 19.8 Å². The molecule has 1 aromatic heterocycles. The van der Waals surface area contributed by atoms with E-state index in [1.165, 1.54) is 0 Å². The molecule has 0 unspecified atom stereocenters. The van der Waals surface area contributed by atoms with Gasteiger partial charge in [0.25, 0.3) is 5.91 Å². The lowest BCUT2D eigenvalue weighted by Crippen LogP contribution is -2.40. The fraction of sp³-hybridized carbons (Fsp3) is 0.412. The van der Waals surface area contributed by atoms with Gasteiger partial charge in [-0.25, -0.2) is 0 Å². The summed E-state index contributed by atoms with van der Waals surface area (Å²) in [5.41, 5.74) is 2.00. The van der Waals surface area contributed by atoms with Crippen LogP contribution in [0, 0.1) is 0 Å². The molecular weight excluding hydrogens is 294 g/mol. The molecular formula is C17H21N3O3. The molecule has 2 aromatic rings. The first kappa shape index (κ1) is 15.6. The molecule has 2 heterocycles. The van der Waals surface area contributed by atoms with Crippen molar-refractivity contribution in [1.29, 1.82) is 0 Å². The lowest BCUT2D eigenvalue weighted by atomic mass is 10.1. The Morgan fingerprint density at radius 3 is 3.13 bits per heavy atom. The van der Waals surface area contributed by atoms with E-state index in [9.17, 15) is 4.79 Å². The van der Waals surface area contributed by atoms with Gasteiger partial charge in [0.05, 0.1) is 24.9 Å². The largest absolute Gasteiger partial charge is 0.493 e. The Labute approximate surface area is 135 Å². The molecule has 0 aliphatic carbocycles. The highest BCUT2D eigenvalue weighted by Gasteiger charge is 2.19. The minimum atomic E-state index is -0.159. The summed E-state index contributed by atoms with van der Waals surface area (Å²) < 4.78 is 11.0. The first-order valence-corrected chi connectivity index (χ1v) is 7.94. The van der Waals surface area contributed by atoms with Gasteiger partial charge in [0, 0.05) is 12.2 Å². The van der Waals surface area contributed by atoms with E-state index in [0.29, 0.717) is 24.6 Å². The number of nitrogens with zero attached hydrogens (tertiary/aromatic N) is 1. The number of hydrogen-bond acceptors (Lipinski definition) is 4. The van der Waals surface area contributed by atoms with E-state index in [-0.39, 0.29) is 11.9 Å². The average molecular weight is 315 g/mol. The summed E-state index contributed by atoms with van der Waals surface area (Å²) in [6.07, 6.45) is 1.92. The fourth-order valence-electron chi connectivity index (χ4n) is 2.65. The van der Waals surface area contributed by atoms with Crippen LogP contribution in [0.2, 0.25) is 0 Å². The summed E-state index contributed by atoms with van der Waals surface area (Å²) >= 11 is 0. The number of carbonyl (C=O) groups is 1. The van der Waals surface area contributed by atoms with Gasteiger partial charge < -0.3 is 14.8 Å². The van der Waals surface area contributed by atoms with Crippen LogP contribution in [0.1, 0.15) is 30.3 Å². The van der Waals surface area contributed by atoms with Crippen LogP contribution in [0.15, 0.2) is 30.3 Å². The van der Waals surface area contributed by atoms with Crippen molar-refractivity contribution >= 4 is 5.91 Å². The van der Waals surface area contributed by atoms with Gasteiger partial charge in [-0.15, -0.1) is 0 Å². The highest BCUT2D eigenvalue weighted by Crippen LogP contribution is 2.28. The van der Waals surface area contributed by atoms with Crippen LogP contribution in [-0.4, -0.2) is 42.0 Å². The summed E-state index contributed by atoms with van der Waals surface area (Å²) in [6, 6.07) is 9.48. The predicted octanol–water partition coefficient (Wildman–Crippen LogP) is 2.38. The SMILES string of the molecule is CCOc1ccccc1-c1cc(C(=O)N[C@H]2CCCOC2)[nH]n1. The number of ether oxygens (including phenoxy) is 2. The van der Waals surface area contributed by atoms with Gasteiger partial charge in [-0.3, -0.25) is 9.89 Å². The predicted molar refractivity (Wildman–Crippen MR) is 86.5 cm³/mol. The van der Waals surface area contributed by atoms with Crippen LogP contribution in [0.4, 0.5) is 0 Å². The number of aromatic nitrogens is 2. The smallest absolute Gasteiger partial charge is 0.269 e. The normalized spacial score (nSPS) is 17.7. The van der Waals surface area contributed by atoms with Crippen LogP contribution in [-0.2, 0) is 4.74 Å². The quantitative estimate of drug-likeness (QED) is 0.888. The molecule has 3 rings (SSSR count). The number of nitrogens with one attached hydrogen (secondary N) is 2. The lowest BCUT2D eigenvalue weighted by molar-refractivity contribution is 0.0622. The van der Waals surface area contributed by atoms with Crippen LogP contribution in [0.3, 0.4) is 0 Å². The molecule has 1 saturated heterocycles. The summed E-state index contributed by atoms with van der Waals surface area (Å²) in [6.45, 7) is 3.86. The van der Waals surface area contributed by atoms with Crippen LogP contribution in [0.5, 0.6) is 5.75 Å². The summed E-state index contributed by atoms with van der Waals surface area (Å²) in [7, 11) is 0. The molecule has 1 amide bonds. The number of para-hydroxylation sites is 1. The molecule has 0 radical (unpaired) electrons. The topological polar surface area (TPSA) is 76.2 Å². The van der Waals surface area contributed by atoms with Gasteiger partial charge in [0.15, 0.2) is 0 Å². The van der Waals surface area contributed by atoms with Gasteiger partial charge in [0.1, 0.15) is 11.4 Å². The van der Waals surface area contributed by atoms with E-state index < -0.39 is 0 Å². The molecule has 0 saturated carbocycles. The number of hydrogen-bond donors (Lipinski definition) is 2. The van der Waals surface area contributed by atoms with Gasteiger partial charge in [-0.2, -0.15) is 5.10 Å². The minimum absolute atomic E-state index is 0.0683. The van der Waals surface area contributed by atoms with E-state index in [0.717, 1.165) is 30.8 Å². The first-order chi connectivity index (χ1) is 11.3. The molecule has 0 spiro atoms. The van der Waals surface area contributed by atoms with Gasteiger partial charge in [0.2, 0.25) is 0 Å². The van der Waals surface area contributed by atoms with Crippen molar-refractivity contribution in [3.8, 4) is 17.0 Å². The maximum Gasteiger partial charge on any atom is 0.269 e. The number of rotatable bonds is 5. The molecule has 2 N–H and O–H groups in total. The van der Waals surface area contributed by atoms with Gasteiger partial charge >= 0.3 is 0 Å². The Morgan fingerprint density at radius 2 is 2.35 bits per heavy atom. The molecule has 1 fully saturated rings. The van der Waals surface area contributed by atoms with E-state index in [1.807, 2.05) is 31.2 Å². The zero-order valence-corrected chi connectivity index (χ0v) is 13.2. The summed E-state index contributed by atoms with van der Waals surface area (Å²) in [5.74, 6) is 0.599. The zero-order chi connectivity index (χ0) is 16.1. The second kappa shape index (κ2) is 7.28. The third-order valence-corrected chi connectivity index (χ3v) is 3.78. The standard InChI is InChI=1S/C17H21N3O3/c1-2-23-16-8-4-3-7-13(16)14-10-15(20-19-14)17(21)18-12-6-5-9-22-11-12/h3-4,7-8,10,12H,2,5-6,9,11H2,1H3,(H,18,21)(H,19,20)/t12-/m0/s1. The third-order valence-electron chi connectivity index (χ3n) is 3.78. The highest BCUT2D eigenvalue weighted by molar-refractivity contribution is 5.93. The Balaban J connectivity index is 1.73. The fourth-order valence-corrected chi connectivity index (χ4v) is 2.65. The van der Waals surface area contributed by atoms with E-state index in [1.54, 1.807) is 6.07 Å². The van der Waals surface area contributed by atoms with E-state index in [4.69, 9.17) is 9.47 Å². The number of aromatic amines is 1. The molecule has 1 aromatic carbocycles. The van der Waals surface area contributed by atoms with Crippen molar-refractivity contribution in [3.63, 3.8) is 0 Å². The number of benzene rings is 1. The van der Waals surface area contributed by atoms with Gasteiger partial charge in [-0.1, -0.05) is 12.1 Å². The maximum atomic E-state index is 12.3. The molecule has 0 bridgehead atoms. The molecule has 23 heavy (non-hydrogen) atoms. The number of carbonyl (C=O) groups excluding carboxylic acids is 1. The van der Waals surface area contributed by atoms with E-state index >= 15 is 0 Å². The first-order valence-electron chi connectivity index (χ1n) is 7.94. The van der Waals surface area contributed by atoms with Crippen molar-refractivity contribution in [2.45, 2.75) is 25.8 Å². The van der Waals surface area contributed by atoms with E-state index in [2.05, 4.69) is 15.5 Å². The molecule has 6 heteroatoms. The summed E-state index contributed by atoms with van der Waals surface area (Å²) in [5, 5.41) is 10.0. The average Bonchev–Trinajstić information content (AvgIpc) is 3.07. The van der Waals surface area contributed by atoms with Gasteiger partial charge in [-0.05, 0) is 38.0 Å². The van der Waals surface area contributed by atoms with Crippen molar-refractivity contribution < 1.29 is 14.3 Å². The lowest BCUT2D eigenvalue weighted by Gasteiger charge is -2.22. The Kier molecular flexibility index (Phi) is 4.92. The Hall–Kier alpha value is -2.34. The monoisotopic (exact) mass is 315 g/mol. The molecule has 6 nitrogen and oxygen atoms in total. The minimum Gasteiger partial charge on any atom is -0.493 e. The molecule has 1 aliphatic rings. The van der Waals surface area contributed by atoms with Crippen LogP contribution in [0.25, 0.3) is 11.3 Å². The second-order valence-electron chi connectivity index (χ2n) is 5.48. The second-order valence-corrected chi connectivity index (χ2v) is 5.48. The van der Waals surface area contributed by atoms with Crippen molar-refractivity contribution in [3.05, 3.63) is 36.0 Å². The Bertz CT molecular complexity index is 663. The maximum absolute atomic E-state index is 12.3. The third kappa shape index (κ3) is 3.71. The number of amides is 1. The molecule has 1 atom stereocenters. The van der Waals surface area contributed by atoms with Crippen LogP contribution < -0.4 is 10.1 Å². The summed E-state index contributed by atoms with van der Waals surface area (Å²) in [4.78, 5) is 12.3. The zero-order valence-electron chi connectivity index (χ0n) is 13.2.